The number of hydrogen-bond donors (Lipinski definition) is 0. The van der Waals surface area contributed by atoms with E-state index in [2.05, 4.69) is 96.9 Å². The molecule has 0 heterocycles. The fourth-order valence-electron chi connectivity index (χ4n) is 10.8. The number of hydrogen-bond acceptors (Lipinski definition) is 0. The second kappa shape index (κ2) is 6.50. The van der Waals surface area contributed by atoms with Gasteiger partial charge >= 0.3 is 0 Å². The minimum absolute atomic E-state index is 0.313. The van der Waals surface area contributed by atoms with E-state index in [1.807, 2.05) is 0 Å². The predicted molar refractivity (Wildman–Crippen MR) is 127 cm³/mol. The summed E-state index contributed by atoms with van der Waals surface area (Å²) in [5.74, 6) is 1.50. The Kier molecular flexibility index (Phi) is 5.63. The molecule has 6 unspecified atom stereocenters. The summed E-state index contributed by atoms with van der Waals surface area (Å²) in [6, 6.07) is 0. The second-order valence-electron chi connectivity index (χ2n) is 14.5. The Morgan fingerprint density at radius 3 is 1.71 bits per heavy atom. The Balaban J connectivity index is 2.95. The van der Waals surface area contributed by atoms with Crippen molar-refractivity contribution in [2.45, 2.75) is 129 Å². The molecule has 6 atom stereocenters. The maximum absolute atomic E-state index is 2.77. The molecule has 0 aliphatic heterocycles. The van der Waals surface area contributed by atoms with Crippen LogP contribution in [0.4, 0.5) is 0 Å². The highest BCUT2D eigenvalue weighted by Crippen LogP contribution is 2.87. The zero-order valence-corrected chi connectivity index (χ0v) is 22.2. The summed E-state index contributed by atoms with van der Waals surface area (Å²) < 4.78 is 0. The Bertz CT molecular complexity index is 584. The van der Waals surface area contributed by atoms with Crippen molar-refractivity contribution < 1.29 is 0 Å². The van der Waals surface area contributed by atoms with Crippen LogP contribution >= 0.6 is 0 Å². The lowest BCUT2D eigenvalue weighted by atomic mass is 9.39. The van der Waals surface area contributed by atoms with Crippen molar-refractivity contribution in [3.8, 4) is 0 Å². The van der Waals surface area contributed by atoms with Crippen LogP contribution in [0.15, 0.2) is 0 Å². The SMILES string of the molecule is CCCC(C)C1(CC)C(C)(C(C)(C)C)CC2(C)CC(C)(C)C(C(C)(C)C)C21C. The molecule has 0 bridgehead atoms. The average molecular weight is 391 g/mol. The van der Waals surface area contributed by atoms with Crippen LogP contribution in [0.1, 0.15) is 129 Å². The zero-order valence-electron chi connectivity index (χ0n) is 22.2. The molecule has 0 heteroatoms. The van der Waals surface area contributed by atoms with E-state index in [0.717, 1.165) is 11.8 Å². The Hall–Kier alpha value is 0. The molecule has 2 aliphatic carbocycles. The second-order valence-corrected chi connectivity index (χ2v) is 14.5. The first-order valence-electron chi connectivity index (χ1n) is 12.3. The van der Waals surface area contributed by atoms with Gasteiger partial charge in [0.25, 0.3) is 0 Å². The smallest absolute Gasteiger partial charge is 0.0153 e. The third-order valence-electron chi connectivity index (χ3n) is 10.8. The van der Waals surface area contributed by atoms with E-state index in [0.29, 0.717) is 37.9 Å². The van der Waals surface area contributed by atoms with Gasteiger partial charge in [-0.3, -0.25) is 0 Å². The molecule has 2 fully saturated rings. The maximum Gasteiger partial charge on any atom is -0.0153 e. The fourth-order valence-corrected chi connectivity index (χ4v) is 10.8. The van der Waals surface area contributed by atoms with Crippen molar-refractivity contribution in [3.63, 3.8) is 0 Å². The minimum atomic E-state index is 0.313. The van der Waals surface area contributed by atoms with Gasteiger partial charge in [0.2, 0.25) is 0 Å². The molecular formula is C28H54. The molecule has 0 radical (unpaired) electrons. The van der Waals surface area contributed by atoms with Gasteiger partial charge in [-0.15, -0.1) is 0 Å². The standard InChI is InChI=1S/C28H54/c1-15-17-20(3)28(16-2)26(13,23(7,8)9)19-25(12)18-24(10,11)21(22(4,5)6)27(25,28)14/h20-21H,15-19H2,1-14H3. The van der Waals surface area contributed by atoms with Crippen LogP contribution in [0.3, 0.4) is 0 Å². The van der Waals surface area contributed by atoms with Gasteiger partial charge in [-0.25, -0.2) is 0 Å². The number of rotatable bonds is 4. The van der Waals surface area contributed by atoms with Crippen LogP contribution in [-0.4, -0.2) is 0 Å². The van der Waals surface area contributed by atoms with Crippen LogP contribution in [0.5, 0.6) is 0 Å². The monoisotopic (exact) mass is 390 g/mol. The van der Waals surface area contributed by atoms with Gasteiger partial charge in [0.15, 0.2) is 0 Å². The number of fused-ring (bicyclic) bond motifs is 1. The quantitative estimate of drug-likeness (QED) is 0.448. The molecule has 2 aliphatic rings. The summed E-state index contributed by atoms with van der Waals surface area (Å²) in [6.45, 7) is 36.1. The summed E-state index contributed by atoms with van der Waals surface area (Å²) in [4.78, 5) is 0. The molecule has 0 nitrogen and oxygen atoms in total. The molecule has 0 spiro atoms. The molecule has 2 rings (SSSR count). The normalized spacial score (nSPS) is 44.6. The Labute approximate surface area is 179 Å². The van der Waals surface area contributed by atoms with Crippen LogP contribution in [-0.2, 0) is 0 Å². The van der Waals surface area contributed by atoms with Crippen LogP contribution in [0.25, 0.3) is 0 Å². The lowest BCUT2D eigenvalue weighted by Gasteiger charge is -2.65. The molecule has 166 valence electrons. The lowest BCUT2D eigenvalue weighted by molar-refractivity contribution is -0.172. The van der Waals surface area contributed by atoms with E-state index in [9.17, 15) is 0 Å². The summed E-state index contributed by atoms with van der Waals surface area (Å²) in [7, 11) is 0. The summed E-state index contributed by atoms with van der Waals surface area (Å²) >= 11 is 0. The fraction of sp³-hybridized carbons (Fsp3) is 1.00. The molecule has 0 aromatic rings. The van der Waals surface area contributed by atoms with Crippen LogP contribution in [0.2, 0.25) is 0 Å². The predicted octanol–water partition coefficient (Wildman–Crippen LogP) is 9.38. The van der Waals surface area contributed by atoms with E-state index in [4.69, 9.17) is 0 Å². The third-order valence-corrected chi connectivity index (χ3v) is 10.8. The maximum atomic E-state index is 2.77. The first-order valence-corrected chi connectivity index (χ1v) is 12.3. The molecule has 0 amide bonds. The lowest BCUT2D eigenvalue weighted by Crippen LogP contribution is -2.59. The van der Waals surface area contributed by atoms with Gasteiger partial charge in [-0.05, 0) is 69.0 Å². The van der Waals surface area contributed by atoms with Gasteiger partial charge in [0.05, 0.1) is 0 Å². The van der Waals surface area contributed by atoms with Gasteiger partial charge < -0.3 is 0 Å². The van der Waals surface area contributed by atoms with Gasteiger partial charge in [-0.1, -0.05) is 110 Å². The van der Waals surface area contributed by atoms with E-state index in [1.165, 1.54) is 32.1 Å². The first kappa shape index (κ1) is 24.3. The minimum Gasteiger partial charge on any atom is -0.0654 e. The average Bonchev–Trinajstić information content (AvgIpc) is 2.69. The van der Waals surface area contributed by atoms with Gasteiger partial charge in [0.1, 0.15) is 0 Å². The topological polar surface area (TPSA) is 0 Å². The highest BCUT2D eigenvalue weighted by atomic mass is 14.8. The molecule has 2 saturated carbocycles. The van der Waals surface area contributed by atoms with Crippen LogP contribution < -0.4 is 0 Å². The van der Waals surface area contributed by atoms with Crippen LogP contribution in [0, 0.1) is 49.7 Å². The van der Waals surface area contributed by atoms with Crippen molar-refractivity contribution in [2.24, 2.45) is 49.7 Å². The van der Waals surface area contributed by atoms with E-state index >= 15 is 0 Å². The largest absolute Gasteiger partial charge is 0.0654 e. The summed E-state index contributed by atoms with van der Waals surface area (Å²) in [6.07, 6.45) is 6.75. The molecule has 0 saturated heterocycles. The first-order chi connectivity index (χ1) is 12.3. The molecule has 0 aromatic heterocycles. The summed E-state index contributed by atoms with van der Waals surface area (Å²) in [5.41, 5.74) is 2.52. The molecular weight excluding hydrogens is 336 g/mol. The van der Waals surface area contributed by atoms with E-state index < -0.39 is 0 Å². The highest BCUT2D eigenvalue weighted by Gasteiger charge is 2.81. The molecule has 0 N–H and O–H groups in total. The van der Waals surface area contributed by atoms with Gasteiger partial charge in [0, 0.05) is 0 Å². The molecule has 0 aromatic carbocycles. The Morgan fingerprint density at radius 2 is 1.36 bits per heavy atom. The van der Waals surface area contributed by atoms with Crippen molar-refractivity contribution in [3.05, 3.63) is 0 Å². The van der Waals surface area contributed by atoms with Crippen molar-refractivity contribution in [1.82, 2.24) is 0 Å². The van der Waals surface area contributed by atoms with E-state index in [1.54, 1.807) is 0 Å². The Morgan fingerprint density at radius 1 is 0.857 bits per heavy atom. The molecule has 28 heavy (non-hydrogen) atoms. The third kappa shape index (κ3) is 2.67. The van der Waals surface area contributed by atoms with Crippen molar-refractivity contribution in [1.29, 1.82) is 0 Å². The zero-order chi connectivity index (χ0) is 22.2. The van der Waals surface area contributed by atoms with Crippen molar-refractivity contribution in [2.75, 3.05) is 0 Å². The summed E-state index contributed by atoms with van der Waals surface area (Å²) in [5, 5.41) is 0. The highest BCUT2D eigenvalue weighted by molar-refractivity contribution is 5.29. The van der Waals surface area contributed by atoms with Gasteiger partial charge in [-0.2, -0.15) is 0 Å². The van der Waals surface area contributed by atoms with Crippen molar-refractivity contribution >= 4 is 0 Å². The van der Waals surface area contributed by atoms with E-state index in [-0.39, 0.29) is 0 Å².